The lowest BCUT2D eigenvalue weighted by Gasteiger charge is -2.14. The van der Waals surface area contributed by atoms with Gasteiger partial charge < -0.3 is 5.32 Å². The second-order valence-corrected chi connectivity index (χ2v) is 9.04. The van der Waals surface area contributed by atoms with Gasteiger partial charge in [-0.15, -0.1) is 0 Å². The van der Waals surface area contributed by atoms with Crippen molar-refractivity contribution in [2.75, 3.05) is 11.9 Å². The number of fused-ring (bicyclic) bond motifs is 1. The highest BCUT2D eigenvalue weighted by Gasteiger charge is 2.27. The average molecular weight is 498 g/mol. The van der Waals surface area contributed by atoms with Gasteiger partial charge in [-0.2, -0.15) is 18.3 Å². The standard InChI is InChI=1S/C27H23F5N4/c1-15-12-18(8-9-19(15)17-6-7-17)24-14-34-26-23(33-11-10-27(30,31)32)13-22(35-36(24)26)16(2)20-4-3-5-21(28)25(20)29/h3-5,8-9,12-14,17,33H,2,6-7,10-11H2,1H3. The van der Waals surface area contributed by atoms with Gasteiger partial charge in [0.05, 0.1) is 29.7 Å². The topological polar surface area (TPSA) is 42.2 Å². The van der Waals surface area contributed by atoms with E-state index in [0.29, 0.717) is 17.3 Å². The summed E-state index contributed by atoms with van der Waals surface area (Å²) in [5.41, 5.74) is 4.64. The fourth-order valence-corrected chi connectivity index (χ4v) is 4.34. The zero-order chi connectivity index (χ0) is 25.6. The van der Waals surface area contributed by atoms with Crippen molar-refractivity contribution in [1.82, 2.24) is 14.6 Å². The molecule has 1 saturated carbocycles. The number of hydrogen-bond donors (Lipinski definition) is 1. The number of aromatic nitrogens is 3. The van der Waals surface area contributed by atoms with E-state index in [9.17, 15) is 22.0 Å². The summed E-state index contributed by atoms with van der Waals surface area (Å²) in [6.45, 7) is 5.54. The minimum absolute atomic E-state index is 0.0885. The third-order valence-corrected chi connectivity index (χ3v) is 6.36. The van der Waals surface area contributed by atoms with E-state index in [-0.39, 0.29) is 29.1 Å². The summed E-state index contributed by atoms with van der Waals surface area (Å²) in [6, 6.07) is 11.3. The molecule has 1 aliphatic carbocycles. The minimum Gasteiger partial charge on any atom is -0.382 e. The first-order valence-corrected chi connectivity index (χ1v) is 11.6. The number of alkyl halides is 3. The molecule has 2 aromatic carbocycles. The molecule has 2 heterocycles. The normalized spacial score (nSPS) is 13.8. The lowest BCUT2D eigenvalue weighted by molar-refractivity contribution is -0.131. The first kappa shape index (κ1) is 24.0. The molecule has 0 saturated heterocycles. The van der Waals surface area contributed by atoms with Crippen molar-refractivity contribution in [3.05, 3.63) is 89.3 Å². The van der Waals surface area contributed by atoms with Crippen LogP contribution in [0, 0.1) is 18.6 Å². The first-order valence-electron chi connectivity index (χ1n) is 11.6. The summed E-state index contributed by atoms with van der Waals surface area (Å²) in [5.74, 6) is -1.53. The summed E-state index contributed by atoms with van der Waals surface area (Å²) in [5, 5.41) is 7.35. The Balaban J connectivity index is 1.61. The number of halogens is 5. The van der Waals surface area contributed by atoms with Crippen molar-refractivity contribution in [3.8, 4) is 11.3 Å². The van der Waals surface area contributed by atoms with Gasteiger partial charge in [-0.3, -0.25) is 0 Å². The van der Waals surface area contributed by atoms with Crippen LogP contribution in [0.3, 0.4) is 0 Å². The van der Waals surface area contributed by atoms with Crippen molar-refractivity contribution >= 4 is 16.9 Å². The maximum atomic E-state index is 14.5. The van der Waals surface area contributed by atoms with Gasteiger partial charge in [-0.05, 0) is 55.0 Å². The molecule has 0 bridgehead atoms. The Morgan fingerprint density at radius 3 is 2.61 bits per heavy atom. The van der Waals surface area contributed by atoms with E-state index in [1.807, 2.05) is 19.1 Å². The largest absolute Gasteiger partial charge is 0.390 e. The number of imidazole rings is 1. The van der Waals surface area contributed by atoms with Crippen LogP contribution in [-0.4, -0.2) is 27.3 Å². The van der Waals surface area contributed by atoms with E-state index in [2.05, 4.69) is 28.0 Å². The average Bonchev–Trinajstić information content (AvgIpc) is 3.57. The summed E-state index contributed by atoms with van der Waals surface area (Å²) in [6.07, 6.45) is -1.45. The molecule has 5 rings (SSSR count). The molecule has 1 aliphatic rings. The van der Waals surface area contributed by atoms with Gasteiger partial charge in [-0.1, -0.05) is 30.8 Å². The van der Waals surface area contributed by atoms with Crippen molar-refractivity contribution in [3.63, 3.8) is 0 Å². The molecule has 186 valence electrons. The van der Waals surface area contributed by atoms with E-state index >= 15 is 0 Å². The van der Waals surface area contributed by atoms with Gasteiger partial charge in [0.15, 0.2) is 17.3 Å². The minimum atomic E-state index is -4.34. The van der Waals surface area contributed by atoms with Gasteiger partial charge in [0.1, 0.15) is 0 Å². The summed E-state index contributed by atoms with van der Waals surface area (Å²) in [4.78, 5) is 4.41. The molecule has 0 unspecified atom stereocenters. The Labute approximate surface area is 204 Å². The monoisotopic (exact) mass is 498 g/mol. The van der Waals surface area contributed by atoms with Crippen molar-refractivity contribution in [2.24, 2.45) is 0 Å². The number of hydrogen-bond acceptors (Lipinski definition) is 3. The van der Waals surface area contributed by atoms with Gasteiger partial charge in [-0.25, -0.2) is 18.3 Å². The van der Waals surface area contributed by atoms with Crippen LogP contribution in [0.4, 0.5) is 27.6 Å². The second kappa shape index (κ2) is 9.04. The molecule has 4 aromatic rings. The molecule has 0 amide bonds. The Hall–Kier alpha value is -3.75. The molecule has 0 spiro atoms. The van der Waals surface area contributed by atoms with Crippen molar-refractivity contribution in [1.29, 1.82) is 0 Å². The number of nitrogens with one attached hydrogen (secondary N) is 1. The highest BCUT2D eigenvalue weighted by Crippen LogP contribution is 2.42. The number of nitrogens with zero attached hydrogens (tertiary/aromatic N) is 3. The van der Waals surface area contributed by atoms with Crippen LogP contribution < -0.4 is 5.32 Å². The predicted molar refractivity (Wildman–Crippen MR) is 129 cm³/mol. The van der Waals surface area contributed by atoms with Crippen LogP contribution in [-0.2, 0) is 0 Å². The SMILES string of the molecule is C=C(c1cc(NCCC(F)(F)F)c2ncc(-c3ccc(C4CC4)c(C)c3)n2n1)c1cccc(F)c1F. The van der Waals surface area contributed by atoms with Gasteiger partial charge in [0.25, 0.3) is 0 Å². The molecule has 0 aliphatic heterocycles. The van der Waals surface area contributed by atoms with Crippen LogP contribution >= 0.6 is 0 Å². The fraction of sp³-hybridized carbons (Fsp3) is 0.259. The molecule has 0 radical (unpaired) electrons. The molecule has 4 nitrogen and oxygen atoms in total. The Bertz CT molecular complexity index is 1470. The zero-order valence-electron chi connectivity index (χ0n) is 19.5. The van der Waals surface area contributed by atoms with Gasteiger partial charge in [0.2, 0.25) is 0 Å². The first-order chi connectivity index (χ1) is 17.1. The summed E-state index contributed by atoms with van der Waals surface area (Å²) in [7, 11) is 0. The van der Waals surface area contributed by atoms with Crippen molar-refractivity contribution in [2.45, 2.75) is 38.3 Å². The molecule has 0 atom stereocenters. The van der Waals surface area contributed by atoms with Gasteiger partial charge in [0, 0.05) is 23.2 Å². The lowest BCUT2D eigenvalue weighted by atomic mass is 10.0. The molecule has 1 N–H and O–H groups in total. The number of aryl methyl sites for hydroxylation is 1. The highest BCUT2D eigenvalue weighted by atomic mass is 19.4. The Kier molecular flexibility index (Phi) is 6.02. The highest BCUT2D eigenvalue weighted by molar-refractivity contribution is 5.81. The van der Waals surface area contributed by atoms with Gasteiger partial charge >= 0.3 is 6.18 Å². The molecular weight excluding hydrogens is 475 g/mol. The smallest absolute Gasteiger partial charge is 0.382 e. The third kappa shape index (κ3) is 4.69. The van der Waals surface area contributed by atoms with Crippen LogP contribution in [0.2, 0.25) is 0 Å². The van der Waals surface area contributed by atoms with E-state index in [4.69, 9.17) is 0 Å². The van der Waals surface area contributed by atoms with E-state index in [1.54, 1.807) is 6.20 Å². The lowest BCUT2D eigenvalue weighted by Crippen LogP contribution is -2.15. The van der Waals surface area contributed by atoms with Crippen molar-refractivity contribution < 1.29 is 22.0 Å². The number of rotatable bonds is 7. The Morgan fingerprint density at radius 2 is 1.92 bits per heavy atom. The molecular formula is C27H23F5N4. The van der Waals surface area contributed by atoms with E-state index < -0.39 is 24.2 Å². The van der Waals surface area contributed by atoms with Crippen LogP contribution in [0.1, 0.15) is 47.6 Å². The maximum absolute atomic E-state index is 14.5. The molecule has 2 aromatic heterocycles. The third-order valence-electron chi connectivity index (χ3n) is 6.36. The fourth-order valence-electron chi connectivity index (χ4n) is 4.34. The Morgan fingerprint density at radius 1 is 1.14 bits per heavy atom. The summed E-state index contributed by atoms with van der Waals surface area (Å²) < 4.78 is 68.2. The molecule has 36 heavy (non-hydrogen) atoms. The predicted octanol–water partition coefficient (Wildman–Crippen LogP) is 7.29. The number of anilines is 1. The van der Waals surface area contributed by atoms with Crippen LogP contribution in [0.5, 0.6) is 0 Å². The van der Waals surface area contributed by atoms with Crippen LogP contribution in [0.25, 0.3) is 22.5 Å². The molecule has 1 fully saturated rings. The summed E-state index contributed by atoms with van der Waals surface area (Å²) >= 11 is 0. The maximum Gasteiger partial charge on any atom is 0.390 e. The zero-order valence-corrected chi connectivity index (χ0v) is 19.5. The number of benzene rings is 2. The van der Waals surface area contributed by atoms with E-state index in [1.165, 1.54) is 41.1 Å². The van der Waals surface area contributed by atoms with Crippen LogP contribution in [0.15, 0.2) is 55.2 Å². The molecule has 9 heteroatoms. The quantitative estimate of drug-likeness (QED) is 0.272. The second-order valence-electron chi connectivity index (χ2n) is 9.04. The van der Waals surface area contributed by atoms with E-state index in [0.717, 1.165) is 17.2 Å².